The molecule has 1 unspecified atom stereocenters. The van der Waals surface area contributed by atoms with Gasteiger partial charge in [0.1, 0.15) is 0 Å². The molecule has 0 heterocycles. The van der Waals surface area contributed by atoms with Crippen molar-refractivity contribution in [2.75, 3.05) is 18.5 Å². The molecule has 2 rings (SSSR count). The molecule has 0 fully saturated rings. The van der Waals surface area contributed by atoms with E-state index in [1.807, 2.05) is 42.3 Å². The van der Waals surface area contributed by atoms with E-state index in [0.717, 1.165) is 5.69 Å². The highest BCUT2D eigenvalue weighted by molar-refractivity contribution is 6.35. The Kier molecular flexibility index (Phi) is 4.70. The Morgan fingerprint density at radius 3 is 2.42 bits per heavy atom. The fourth-order valence-corrected chi connectivity index (χ4v) is 2.45. The summed E-state index contributed by atoms with van der Waals surface area (Å²) in [5, 5.41) is 11.3. The Labute approximate surface area is 123 Å². The second-order valence-electron chi connectivity index (χ2n) is 4.40. The molecule has 2 aromatic carbocycles. The number of benzene rings is 2. The van der Waals surface area contributed by atoms with E-state index in [1.54, 1.807) is 18.2 Å². The average Bonchev–Trinajstić information content (AvgIpc) is 2.39. The quantitative estimate of drug-likeness (QED) is 0.915. The van der Waals surface area contributed by atoms with Crippen LogP contribution in [0, 0.1) is 0 Å². The molecule has 0 aliphatic heterocycles. The summed E-state index contributed by atoms with van der Waals surface area (Å²) < 4.78 is 0. The first kappa shape index (κ1) is 14.2. The van der Waals surface area contributed by atoms with E-state index in [9.17, 15) is 5.11 Å². The molecule has 0 aliphatic carbocycles. The fourth-order valence-electron chi connectivity index (χ4n) is 1.92. The molecule has 2 nitrogen and oxygen atoms in total. The summed E-state index contributed by atoms with van der Waals surface area (Å²) in [5.41, 5.74) is 1.74. The van der Waals surface area contributed by atoms with Crippen LogP contribution in [0.25, 0.3) is 0 Å². The zero-order valence-corrected chi connectivity index (χ0v) is 12.1. The molecule has 0 spiro atoms. The monoisotopic (exact) mass is 295 g/mol. The number of rotatable bonds is 4. The van der Waals surface area contributed by atoms with E-state index in [4.69, 9.17) is 23.2 Å². The van der Waals surface area contributed by atoms with Gasteiger partial charge in [-0.1, -0.05) is 47.5 Å². The third kappa shape index (κ3) is 3.63. The zero-order valence-electron chi connectivity index (χ0n) is 10.6. The second kappa shape index (κ2) is 6.29. The van der Waals surface area contributed by atoms with Crippen molar-refractivity contribution in [3.8, 4) is 0 Å². The maximum absolute atomic E-state index is 10.3. The first-order valence-electron chi connectivity index (χ1n) is 5.97. The molecule has 4 heteroatoms. The summed E-state index contributed by atoms with van der Waals surface area (Å²) in [7, 11) is 1.93. The maximum atomic E-state index is 10.3. The van der Waals surface area contributed by atoms with Gasteiger partial charge in [-0.25, -0.2) is 0 Å². The summed E-state index contributed by atoms with van der Waals surface area (Å²) in [6, 6.07) is 15.0. The third-order valence-electron chi connectivity index (χ3n) is 2.97. The fraction of sp³-hybridized carbons (Fsp3) is 0.200. The van der Waals surface area contributed by atoms with Gasteiger partial charge < -0.3 is 10.0 Å². The van der Waals surface area contributed by atoms with Crippen LogP contribution < -0.4 is 4.90 Å². The van der Waals surface area contributed by atoms with Crippen LogP contribution in [0.2, 0.25) is 10.0 Å². The largest absolute Gasteiger partial charge is 0.387 e. The first-order valence-corrected chi connectivity index (χ1v) is 6.72. The van der Waals surface area contributed by atoms with E-state index in [1.165, 1.54) is 0 Å². The lowest BCUT2D eigenvalue weighted by Crippen LogP contribution is -2.24. The molecule has 1 N–H and O–H groups in total. The highest BCUT2D eigenvalue weighted by Gasteiger charge is 2.14. The zero-order chi connectivity index (χ0) is 13.8. The van der Waals surface area contributed by atoms with Crippen molar-refractivity contribution in [1.29, 1.82) is 0 Å². The highest BCUT2D eigenvalue weighted by atomic mass is 35.5. The van der Waals surface area contributed by atoms with Gasteiger partial charge in [-0.15, -0.1) is 0 Å². The molecule has 0 saturated heterocycles. The van der Waals surface area contributed by atoms with Crippen molar-refractivity contribution >= 4 is 28.9 Å². The van der Waals surface area contributed by atoms with Crippen LogP contribution in [0.3, 0.4) is 0 Å². The van der Waals surface area contributed by atoms with Crippen LogP contribution in [0.15, 0.2) is 48.5 Å². The third-order valence-corrected chi connectivity index (χ3v) is 3.53. The van der Waals surface area contributed by atoms with Gasteiger partial charge in [0.15, 0.2) is 0 Å². The second-order valence-corrected chi connectivity index (χ2v) is 5.24. The average molecular weight is 296 g/mol. The minimum Gasteiger partial charge on any atom is -0.387 e. The predicted octanol–water partition coefficient (Wildman–Crippen LogP) is 4.16. The van der Waals surface area contributed by atoms with Crippen molar-refractivity contribution in [2.24, 2.45) is 0 Å². The Balaban J connectivity index is 2.10. The van der Waals surface area contributed by atoms with Crippen LogP contribution in [0.4, 0.5) is 5.69 Å². The van der Waals surface area contributed by atoms with E-state index < -0.39 is 6.10 Å². The number of aliphatic hydroxyl groups excluding tert-OH is 1. The highest BCUT2D eigenvalue weighted by Crippen LogP contribution is 2.27. The number of para-hydroxylation sites is 1. The number of likely N-dealkylation sites (N-methyl/N-ethyl adjacent to an activating group) is 1. The van der Waals surface area contributed by atoms with Gasteiger partial charge in [-0.05, 0) is 24.3 Å². The molecule has 0 amide bonds. The number of nitrogens with zero attached hydrogens (tertiary/aromatic N) is 1. The molecule has 2 aromatic rings. The smallest absolute Gasteiger partial charge is 0.0979 e. The molecule has 0 saturated carbocycles. The molecular formula is C15H15Cl2NO. The molecule has 0 aliphatic rings. The van der Waals surface area contributed by atoms with Gasteiger partial charge in [-0.2, -0.15) is 0 Å². The number of anilines is 1. The standard InChI is InChI=1S/C15H15Cl2NO/c1-18(12-5-3-2-4-6-12)10-15(19)13-8-7-11(16)9-14(13)17/h2-9,15,19H,10H2,1H3. The van der Waals surface area contributed by atoms with Crippen LogP contribution >= 0.6 is 23.2 Å². The minimum absolute atomic E-state index is 0.464. The lowest BCUT2D eigenvalue weighted by Gasteiger charge is -2.23. The van der Waals surface area contributed by atoms with Crippen LogP contribution in [0.1, 0.15) is 11.7 Å². The Morgan fingerprint density at radius 1 is 1.11 bits per heavy atom. The van der Waals surface area contributed by atoms with Crippen molar-refractivity contribution in [1.82, 2.24) is 0 Å². The number of aliphatic hydroxyl groups is 1. The summed E-state index contributed by atoms with van der Waals surface area (Å²) in [5.74, 6) is 0. The number of hydrogen-bond donors (Lipinski definition) is 1. The van der Waals surface area contributed by atoms with Crippen molar-refractivity contribution < 1.29 is 5.11 Å². The van der Waals surface area contributed by atoms with Crippen LogP contribution in [-0.2, 0) is 0 Å². The molecule has 1 atom stereocenters. The Hall–Kier alpha value is -1.22. The predicted molar refractivity (Wildman–Crippen MR) is 81.1 cm³/mol. The summed E-state index contributed by atoms with van der Waals surface area (Å²) in [6.45, 7) is 0.464. The minimum atomic E-state index is -0.657. The van der Waals surface area contributed by atoms with Crippen molar-refractivity contribution in [3.63, 3.8) is 0 Å². The van der Waals surface area contributed by atoms with Gasteiger partial charge in [-0.3, -0.25) is 0 Å². The maximum Gasteiger partial charge on any atom is 0.0979 e. The number of halogens is 2. The van der Waals surface area contributed by atoms with Gasteiger partial charge in [0.2, 0.25) is 0 Å². The summed E-state index contributed by atoms with van der Waals surface area (Å²) in [4.78, 5) is 1.98. The van der Waals surface area contributed by atoms with E-state index >= 15 is 0 Å². The normalized spacial score (nSPS) is 12.2. The lowest BCUT2D eigenvalue weighted by atomic mass is 10.1. The first-order chi connectivity index (χ1) is 9.08. The van der Waals surface area contributed by atoms with Gasteiger partial charge in [0, 0.05) is 34.9 Å². The van der Waals surface area contributed by atoms with Crippen LogP contribution in [0.5, 0.6) is 0 Å². The SMILES string of the molecule is CN(CC(O)c1ccc(Cl)cc1Cl)c1ccccc1. The molecule has 0 bridgehead atoms. The van der Waals surface area contributed by atoms with E-state index in [-0.39, 0.29) is 0 Å². The van der Waals surface area contributed by atoms with Crippen molar-refractivity contribution in [2.45, 2.75) is 6.10 Å². The topological polar surface area (TPSA) is 23.5 Å². The van der Waals surface area contributed by atoms with E-state index in [0.29, 0.717) is 22.2 Å². The van der Waals surface area contributed by atoms with Gasteiger partial charge >= 0.3 is 0 Å². The lowest BCUT2D eigenvalue weighted by molar-refractivity contribution is 0.185. The molecule has 0 radical (unpaired) electrons. The molecular weight excluding hydrogens is 281 g/mol. The van der Waals surface area contributed by atoms with Crippen molar-refractivity contribution in [3.05, 3.63) is 64.1 Å². The Morgan fingerprint density at radius 2 is 1.79 bits per heavy atom. The molecule has 19 heavy (non-hydrogen) atoms. The van der Waals surface area contributed by atoms with Gasteiger partial charge in [0.25, 0.3) is 0 Å². The molecule has 0 aromatic heterocycles. The summed E-state index contributed by atoms with van der Waals surface area (Å²) >= 11 is 11.9. The van der Waals surface area contributed by atoms with Gasteiger partial charge in [0.05, 0.1) is 6.10 Å². The van der Waals surface area contributed by atoms with Crippen LogP contribution in [-0.4, -0.2) is 18.7 Å². The molecule has 100 valence electrons. The van der Waals surface area contributed by atoms with E-state index in [2.05, 4.69) is 0 Å². The Bertz CT molecular complexity index is 545. The number of hydrogen-bond acceptors (Lipinski definition) is 2. The summed E-state index contributed by atoms with van der Waals surface area (Å²) in [6.07, 6.45) is -0.657.